The Hall–Kier alpha value is -1.88. The first kappa shape index (κ1) is 12.2. The zero-order valence-electron chi connectivity index (χ0n) is 10.8. The van der Waals surface area contributed by atoms with Gasteiger partial charge in [0.25, 0.3) is 11.8 Å². The summed E-state index contributed by atoms with van der Waals surface area (Å²) in [6, 6.07) is 4.95. The summed E-state index contributed by atoms with van der Waals surface area (Å²) in [5, 5.41) is 0. The van der Waals surface area contributed by atoms with Crippen molar-refractivity contribution in [2.75, 3.05) is 12.8 Å². The molecule has 1 aromatic rings. The van der Waals surface area contributed by atoms with E-state index in [9.17, 15) is 9.59 Å². The van der Waals surface area contributed by atoms with E-state index in [1.807, 2.05) is 0 Å². The van der Waals surface area contributed by atoms with Crippen LogP contribution in [0.15, 0.2) is 18.2 Å². The van der Waals surface area contributed by atoms with Crippen LogP contribution in [0.5, 0.6) is 0 Å². The molecule has 2 amide bonds. The molecular weight excluding hydrogens is 244 g/mol. The van der Waals surface area contributed by atoms with Crippen molar-refractivity contribution in [3.63, 3.8) is 0 Å². The van der Waals surface area contributed by atoms with Crippen LogP contribution in [0.1, 0.15) is 40.0 Å². The monoisotopic (exact) mass is 260 g/mol. The quantitative estimate of drug-likeness (QED) is 0.645. The lowest BCUT2D eigenvalue weighted by Crippen LogP contribution is -2.38. The number of nitrogen functional groups attached to an aromatic ring is 1. The third-order valence-corrected chi connectivity index (χ3v) is 4.03. The van der Waals surface area contributed by atoms with Gasteiger partial charge in [0.15, 0.2) is 0 Å². The molecule has 0 radical (unpaired) electrons. The highest BCUT2D eigenvalue weighted by molar-refractivity contribution is 6.23. The smallest absolute Gasteiger partial charge is 0.263 e. The number of nitrogens with two attached hydrogens (primary N) is 1. The maximum absolute atomic E-state index is 12.4. The van der Waals surface area contributed by atoms with Crippen LogP contribution in [0.4, 0.5) is 5.69 Å². The molecule has 19 heavy (non-hydrogen) atoms. The van der Waals surface area contributed by atoms with Gasteiger partial charge in [-0.15, -0.1) is 0 Å². The Morgan fingerprint density at radius 1 is 1.26 bits per heavy atom. The molecule has 5 nitrogen and oxygen atoms in total. The van der Waals surface area contributed by atoms with Gasteiger partial charge in [-0.2, -0.15) is 0 Å². The van der Waals surface area contributed by atoms with E-state index < -0.39 is 0 Å². The summed E-state index contributed by atoms with van der Waals surface area (Å²) in [4.78, 5) is 26.1. The average molecular weight is 260 g/mol. The number of ether oxygens (including phenoxy) is 1. The largest absolute Gasteiger partial charge is 0.398 e. The number of amides is 2. The zero-order valence-corrected chi connectivity index (χ0v) is 10.8. The highest BCUT2D eigenvalue weighted by Crippen LogP contribution is 2.34. The third-order valence-electron chi connectivity index (χ3n) is 4.03. The average Bonchev–Trinajstić information content (AvgIpc) is 2.95. The van der Waals surface area contributed by atoms with Crippen LogP contribution >= 0.6 is 0 Å². The number of hydrogen-bond donors (Lipinski definition) is 1. The van der Waals surface area contributed by atoms with Crippen molar-refractivity contribution in [3.05, 3.63) is 29.3 Å². The molecule has 1 aliphatic heterocycles. The van der Waals surface area contributed by atoms with Crippen LogP contribution in [-0.2, 0) is 4.74 Å². The molecule has 3 rings (SSSR count). The topological polar surface area (TPSA) is 72.6 Å². The van der Waals surface area contributed by atoms with Crippen LogP contribution < -0.4 is 5.73 Å². The van der Waals surface area contributed by atoms with Gasteiger partial charge in [0.2, 0.25) is 0 Å². The van der Waals surface area contributed by atoms with Crippen molar-refractivity contribution in [2.45, 2.75) is 31.4 Å². The van der Waals surface area contributed by atoms with E-state index in [1.165, 1.54) is 4.90 Å². The fourth-order valence-corrected chi connectivity index (χ4v) is 3.03. The minimum atomic E-state index is -0.264. The van der Waals surface area contributed by atoms with Crippen molar-refractivity contribution in [1.82, 2.24) is 4.90 Å². The Morgan fingerprint density at radius 2 is 2.05 bits per heavy atom. The molecule has 2 atom stereocenters. The molecule has 100 valence electrons. The van der Waals surface area contributed by atoms with Gasteiger partial charge < -0.3 is 10.5 Å². The van der Waals surface area contributed by atoms with E-state index in [1.54, 1.807) is 25.3 Å². The molecule has 2 aliphatic rings. The van der Waals surface area contributed by atoms with Crippen molar-refractivity contribution < 1.29 is 14.3 Å². The van der Waals surface area contributed by atoms with E-state index in [4.69, 9.17) is 10.5 Å². The summed E-state index contributed by atoms with van der Waals surface area (Å²) in [5.41, 5.74) is 6.97. The molecule has 1 fully saturated rings. The number of imide groups is 1. The second-order valence-electron chi connectivity index (χ2n) is 5.07. The molecule has 1 saturated carbocycles. The Bertz CT molecular complexity index is 556. The highest BCUT2D eigenvalue weighted by atomic mass is 16.5. The molecule has 0 bridgehead atoms. The molecule has 1 aromatic carbocycles. The number of carbonyl (C=O) groups excluding carboxylic acids is 2. The van der Waals surface area contributed by atoms with Gasteiger partial charge in [0.05, 0.1) is 17.2 Å². The number of rotatable bonds is 2. The molecule has 5 heteroatoms. The predicted molar refractivity (Wildman–Crippen MR) is 69.8 cm³/mol. The lowest BCUT2D eigenvalue weighted by molar-refractivity contribution is 0.0558. The van der Waals surface area contributed by atoms with E-state index in [2.05, 4.69) is 0 Å². The molecule has 0 saturated heterocycles. The lowest BCUT2D eigenvalue weighted by atomic mass is 10.1. The summed E-state index contributed by atoms with van der Waals surface area (Å²) >= 11 is 0. The Morgan fingerprint density at radius 3 is 2.68 bits per heavy atom. The number of methoxy groups -OCH3 is 1. The number of fused-ring (bicyclic) bond motifs is 1. The first-order valence-electron chi connectivity index (χ1n) is 6.42. The van der Waals surface area contributed by atoms with Crippen molar-refractivity contribution in [1.29, 1.82) is 0 Å². The molecule has 0 spiro atoms. The normalized spacial score (nSPS) is 26.1. The fraction of sp³-hybridized carbons (Fsp3) is 0.429. The van der Waals surface area contributed by atoms with Crippen LogP contribution in [-0.4, -0.2) is 36.0 Å². The second kappa shape index (κ2) is 4.35. The highest BCUT2D eigenvalue weighted by Gasteiger charge is 2.43. The SMILES string of the molecule is COC1CCC(N2C(=O)c3cccc(N)c3C2=O)C1. The predicted octanol–water partition coefficient (Wildman–Crippen LogP) is 1.43. The van der Waals surface area contributed by atoms with E-state index >= 15 is 0 Å². The van der Waals surface area contributed by atoms with Crippen LogP contribution in [0, 0.1) is 0 Å². The van der Waals surface area contributed by atoms with Crippen molar-refractivity contribution in [3.8, 4) is 0 Å². The Kier molecular flexibility index (Phi) is 2.78. The molecule has 2 N–H and O–H groups in total. The number of benzene rings is 1. The van der Waals surface area contributed by atoms with Crippen LogP contribution in [0.25, 0.3) is 0 Å². The Balaban J connectivity index is 1.93. The first-order valence-corrected chi connectivity index (χ1v) is 6.42. The van der Waals surface area contributed by atoms with Gasteiger partial charge in [0, 0.05) is 18.8 Å². The molecule has 1 aliphatic carbocycles. The minimum absolute atomic E-state index is 0.0725. The van der Waals surface area contributed by atoms with E-state index in [0.717, 1.165) is 12.8 Å². The van der Waals surface area contributed by atoms with E-state index in [0.29, 0.717) is 23.2 Å². The van der Waals surface area contributed by atoms with Crippen LogP contribution in [0.2, 0.25) is 0 Å². The summed E-state index contributed by atoms with van der Waals surface area (Å²) in [6.45, 7) is 0. The molecular formula is C14H16N2O3. The molecule has 1 heterocycles. The van der Waals surface area contributed by atoms with Gasteiger partial charge in [0.1, 0.15) is 0 Å². The number of nitrogens with zero attached hydrogens (tertiary/aromatic N) is 1. The van der Waals surface area contributed by atoms with Crippen molar-refractivity contribution >= 4 is 17.5 Å². The summed E-state index contributed by atoms with van der Waals surface area (Å²) in [6.07, 6.45) is 2.52. The second-order valence-corrected chi connectivity index (χ2v) is 5.07. The summed E-state index contributed by atoms with van der Waals surface area (Å²) in [5.74, 6) is -0.492. The van der Waals surface area contributed by atoms with Gasteiger partial charge in [-0.25, -0.2) is 0 Å². The van der Waals surface area contributed by atoms with Gasteiger partial charge in [-0.1, -0.05) is 6.07 Å². The zero-order chi connectivity index (χ0) is 13.6. The summed E-state index contributed by atoms with van der Waals surface area (Å²) < 4.78 is 5.30. The maximum atomic E-state index is 12.4. The van der Waals surface area contributed by atoms with Crippen LogP contribution in [0.3, 0.4) is 0 Å². The van der Waals surface area contributed by atoms with Gasteiger partial charge >= 0.3 is 0 Å². The Labute approximate surface area is 111 Å². The fourth-order valence-electron chi connectivity index (χ4n) is 3.03. The molecule has 0 aromatic heterocycles. The third kappa shape index (κ3) is 1.73. The van der Waals surface area contributed by atoms with E-state index in [-0.39, 0.29) is 24.0 Å². The summed E-state index contributed by atoms with van der Waals surface area (Å²) in [7, 11) is 1.66. The van der Waals surface area contributed by atoms with Crippen molar-refractivity contribution in [2.24, 2.45) is 0 Å². The standard InChI is InChI=1S/C14H16N2O3/c1-19-9-6-5-8(7-9)16-13(17)10-3-2-4-11(15)12(10)14(16)18/h2-4,8-9H,5-7,15H2,1H3. The maximum Gasteiger partial charge on any atom is 0.263 e. The number of carbonyl (C=O) groups is 2. The number of anilines is 1. The molecule has 2 unspecified atom stereocenters. The van der Waals surface area contributed by atoms with Gasteiger partial charge in [-0.3, -0.25) is 14.5 Å². The minimum Gasteiger partial charge on any atom is -0.398 e. The first-order chi connectivity index (χ1) is 9.13. The number of hydrogen-bond acceptors (Lipinski definition) is 4. The van der Waals surface area contributed by atoms with Gasteiger partial charge in [-0.05, 0) is 31.4 Å². The lowest BCUT2D eigenvalue weighted by Gasteiger charge is -2.21.